The summed E-state index contributed by atoms with van der Waals surface area (Å²) in [5, 5.41) is 87.4. The van der Waals surface area contributed by atoms with E-state index in [9.17, 15) is 45.6 Å². The van der Waals surface area contributed by atoms with Crippen LogP contribution in [0.5, 0.6) is 0 Å². The van der Waals surface area contributed by atoms with Crippen molar-refractivity contribution in [3.05, 3.63) is 0 Å². The summed E-state index contributed by atoms with van der Waals surface area (Å²) in [6, 6.07) is -0.823. The first-order valence-electron chi connectivity index (χ1n) is 32.3. The number of carbonyl (C=O) groups is 1. The molecule has 0 radical (unpaired) electrons. The minimum absolute atomic E-state index is 0.198. The lowest BCUT2D eigenvalue weighted by Crippen LogP contribution is -2.65. The molecular formula is C62H121NO13. The molecule has 0 saturated carbocycles. The van der Waals surface area contributed by atoms with Crippen molar-refractivity contribution in [2.75, 3.05) is 19.8 Å². The summed E-state index contributed by atoms with van der Waals surface area (Å²) in [6.07, 6.45) is 38.2. The van der Waals surface area contributed by atoms with Crippen LogP contribution in [0.3, 0.4) is 0 Å². The molecule has 0 aromatic rings. The van der Waals surface area contributed by atoms with E-state index in [1.165, 1.54) is 218 Å². The Morgan fingerprint density at radius 3 is 1.12 bits per heavy atom. The molecule has 76 heavy (non-hydrogen) atoms. The molecule has 0 spiro atoms. The lowest BCUT2D eigenvalue weighted by Gasteiger charge is -2.46. The number of aliphatic hydroxyl groups excluding tert-OH is 8. The molecule has 0 aliphatic carbocycles. The number of aliphatic hydroxyl groups is 8. The highest BCUT2D eigenvalue weighted by molar-refractivity contribution is 5.76. The third-order valence-corrected chi connectivity index (χ3v) is 16.3. The molecule has 9 N–H and O–H groups in total. The van der Waals surface area contributed by atoms with Crippen LogP contribution < -0.4 is 5.32 Å². The van der Waals surface area contributed by atoms with Crippen LogP contribution in [0.4, 0.5) is 0 Å². The van der Waals surface area contributed by atoms with E-state index in [0.717, 1.165) is 51.4 Å². The largest absolute Gasteiger partial charge is 0.394 e. The Labute approximate surface area is 464 Å². The van der Waals surface area contributed by atoms with Crippen molar-refractivity contribution in [2.45, 2.75) is 370 Å². The molecule has 0 aromatic carbocycles. The topological polar surface area (TPSA) is 228 Å². The summed E-state index contributed by atoms with van der Waals surface area (Å²) in [5.74, 6) is -0.198. The molecule has 1 amide bonds. The van der Waals surface area contributed by atoms with Crippen LogP contribution in [0, 0.1) is 0 Å². The van der Waals surface area contributed by atoms with Gasteiger partial charge in [0.2, 0.25) is 5.91 Å². The minimum Gasteiger partial charge on any atom is -0.394 e. The van der Waals surface area contributed by atoms with Crippen LogP contribution in [0.25, 0.3) is 0 Å². The smallest absolute Gasteiger partial charge is 0.220 e. The summed E-state index contributed by atoms with van der Waals surface area (Å²) < 4.78 is 22.9. The van der Waals surface area contributed by atoms with Crippen LogP contribution >= 0.6 is 0 Å². The Morgan fingerprint density at radius 2 is 0.750 bits per heavy atom. The zero-order valence-corrected chi connectivity index (χ0v) is 48.8. The number of hydrogen-bond acceptors (Lipinski definition) is 13. The van der Waals surface area contributed by atoms with Crippen molar-refractivity contribution in [2.24, 2.45) is 0 Å². The highest BCUT2D eigenvalue weighted by atomic mass is 16.7. The predicted molar refractivity (Wildman–Crippen MR) is 305 cm³/mol. The number of ether oxygens (including phenoxy) is 4. The van der Waals surface area contributed by atoms with E-state index in [2.05, 4.69) is 19.2 Å². The molecule has 12 unspecified atom stereocenters. The number of nitrogens with one attached hydrogen (secondary N) is 1. The molecule has 14 heteroatoms. The fourth-order valence-electron chi connectivity index (χ4n) is 11.1. The fraction of sp³-hybridized carbons (Fsp3) is 0.984. The van der Waals surface area contributed by atoms with Crippen molar-refractivity contribution < 1.29 is 64.6 Å². The zero-order chi connectivity index (χ0) is 55.3. The van der Waals surface area contributed by atoms with E-state index < -0.39 is 86.8 Å². The second-order valence-corrected chi connectivity index (χ2v) is 23.3. The highest BCUT2D eigenvalue weighted by Crippen LogP contribution is 2.30. The zero-order valence-electron chi connectivity index (χ0n) is 48.8. The number of amides is 1. The van der Waals surface area contributed by atoms with Crippen molar-refractivity contribution >= 4 is 5.91 Å². The molecule has 2 aliphatic rings. The van der Waals surface area contributed by atoms with E-state index in [0.29, 0.717) is 12.8 Å². The van der Waals surface area contributed by atoms with Crippen molar-refractivity contribution in [1.29, 1.82) is 0 Å². The van der Waals surface area contributed by atoms with E-state index in [1.807, 2.05) is 0 Å². The number of unbranched alkanes of at least 4 members (excludes halogenated alkanes) is 40. The van der Waals surface area contributed by atoms with Gasteiger partial charge >= 0.3 is 0 Å². The van der Waals surface area contributed by atoms with Gasteiger partial charge in [-0.25, -0.2) is 0 Å². The molecule has 12 atom stereocenters. The van der Waals surface area contributed by atoms with Crippen LogP contribution in [0.15, 0.2) is 0 Å². The van der Waals surface area contributed by atoms with Crippen LogP contribution in [0.2, 0.25) is 0 Å². The molecule has 0 aromatic heterocycles. The lowest BCUT2D eigenvalue weighted by atomic mass is 9.97. The van der Waals surface area contributed by atoms with Crippen molar-refractivity contribution in [3.63, 3.8) is 0 Å². The highest BCUT2D eigenvalue weighted by Gasteiger charge is 2.51. The summed E-state index contributed by atoms with van der Waals surface area (Å²) >= 11 is 0. The Hall–Kier alpha value is -1.01. The maximum absolute atomic E-state index is 13.3. The van der Waals surface area contributed by atoms with Gasteiger partial charge < -0.3 is 65.1 Å². The second-order valence-electron chi connectivity index (χ2n) is 23.3. The van der Waals surface area contributed by atoms with Gasteiger partial charge in [-0.05, 0) is 12.8 Å². The van der Waals surface area contributed by atoms with Crippen LogP contribution in [0.1, 0.15) is 296 Å². The van der Waals surface area contributed by atoms with E-state index in [1.54, 1.807) is 0 Å². The monoisotopic (exact) mass is 1090 g/mol. The van der Waals surface area contributed by atoms with Crippen LogP contribution in [-0.4, -0.2) is 140 Å². The summed E-state index contributed by atoms with van der Waals surface area (Å²) in [7, 11) is 0. The number of carbonyl (C=O) groups excluding carboxylic acids is 1. The Bertz CT molecular complexity index is 1280. The van der Waals surface area contributed by atoms with Gasteiger partial charge in [0, 0.05) is 6.42 Å². The minimum atomic E-state index is -1.78. The van der Waals surface area contributed by atoms with Gasteiger partial charge in [-0.15, -0.1) is 0 Å². The summed E-state index contributed by atoms with van der Waals surface area (Å²) in [5.41, 5.74) is 0. The van der Waals surface area contributed by atoms with Crippen LogP contribution in [-0.2, 0) is 23.7 Å². The quantitative estimate of drug-likeness (QED) is 0.0259. The second kappa shape index (κ2) is 48.7. The SMILES string of the molecule is CCCCCCCCCCCCCCCCCCCCCCCCCCC(=O)NC(COC1OC(CO)C(OC2OC(CO)C(O)C(O)C2O)C(O)C1O)C(O)CCCCCCCCCCCCCCCCCCCC. The lowest BCUT2D eigenvalue weighted by molar-refractivity contribution is -0.359. The molecule has 2 aliphatic heterocycles. The van der Waals surface area contributed by atoms with Crippen molar-refractivity contribution in [1.82, 2.24) is 5.32 Å². The van der Waals surface area contributed by atoms with Gasteiger partial charge in [0.25, 0.3) is 0 Å². The molecule has 2 saturated heterocycles. The first kappa shape index (κ1) is 71.1. The van der Waals surface area contributed by atoms with Gasteiger partial charge in [0.1, 0.15) is 48.8 Å². The van der Waals surface area contributed by atoms with Crippen molar-refractivity contribution in [3.8, 4) is 0 Å². The van der Waals surface area contributed by atoms with E-state index >= 15 is 0 Å². The molecule has 2 heterocycles. The maximum Gasteiger partial charge on any atom is 0.220 e. The molecule has 2 fully saturated rings. The molecule has 14 nitrogen and oxygen atoms in total. The Morgan fingerprint density at radius 1 is 0.421 bits per heavy atom. The fourth-order valence-corrected chi connectivity index (χ4v) is 11.1. The average molecular weight is 1090 g/mol. The first-order valence-corrected chi connectivity index (χ1v) is 32.3. The first-order chi connectivity index (χ1) is 37.1. The molecule has 2 rings (SSSR count). The normalized spacial score (nSPS) is 24.8. The molecule has 452 valence electrons. The van der Waals surface area contributed by atoms with Gasteiger partial charge in [0.15, 0.2) is 12.6 Å². The number of hydrogen-bond donors (Lipinski definition) is 9. The standard InChI is InChI=1S/C62H121NO13/c1-3-5-7-9-11-13-15-17-19-21-23-24-25-26-27-28-30-32-34-36-38-40-42-44-46-54(67)63-50(51(66)45-43-41-39-37-35-33-31-29-22-20-18-16-14-12-10-8-6-4-2)49-73-61-59(72)57(70)60(53(48-65)75-61)76-62-58(71)56(69)55(68)52(47-64)74-62/h50-53,55-62,64-66,68-72H,3-49H2,1-2H3,(H,63,67). The van der Waals surface area contributed by atoms with E-state index in [-0.39, 0.29) is 12.5 Å². The van der Waals surface area contributed by atoms with Gasteiger partial charge in [-0.2, -0.15) is 0 Å². The summed E-state index contributed by atoms with van der Waals surface area (Å²) in [6.45, 7) is 2.91. The number of rotatable bonds is 53. The molecule has 0 bridgehead atoms. The van der Waals surface area contributed by atoms with E-state index in [4.69, 9.17) is 18.9 Å². The summed E-state index contributed by atoms with van der Waals surface area (Å²) in [4.78, 5) is 13.3. The molecular weight excluding hydrogens is 967 g/mol. The third kappa shape index (κ3) is 33.7. The van der Waals surface area contributed by atoms with Gasteiger partial charge in [-0.3, -0.25) is 4.79 Å². The third-order valence-electron chi connectivity index (χ3n) is 16.3. The maximum atomic E-state index is 13.3. The average Bonchev–Trinajstić information content (AvgIpc) is 3.42. The Balaban J connectivity index is 1.70. The Kier molecular flexibility index (Phi) is 45.5. The predicted octanol–water partition coefficient (Wildman–Crippen LogP) is 11.7. The van der Waals surface area contributed by atoms with Gasteiger partial charge in [-0.1, -0.05) is 277 Å². The van der Waals surface area contributed by atoms with Gasteiger partial charge in [0.05, 0.1) is 32.0 Å².